The fourth-order valence-electron chi connectivity index (χ4n) is 6.40. The first kappa shape index (κ1) is 29.9. The van der Waals surface area contributed by atoms with E-state index in [1.165, 1.54) is 11.0 Å². The maximum atomic E-state index is 13.6. The predicted molar refractivity (Wildman–Crippen MR) is 178 cm³/mol. The summed E-state index contributed by atoms with van der Waals surface area (Å²) in [5.41, 5.74) is 5.44. The Hall–Kier alpha value is -5.76. The molecule has 4 aromatic carbocycles. The highest BCUT2D eigenvalue weighted by Gasteiger charge is 2.39. The number of Topliss-reactive ketones (excluding diaryl/α,β-unsaturated/α-hetero) is 1. The van der Waals surface area contributed by atoms with E-state index < -0.39 is 0 Å². The van der Waals surface area contributed by atoms with Gasteiger partial charge < -0.3 is 14.4 Å². The maximum Gasteiger partial charge on any atom is 0.266 e. The minimum Gasteiger partial charge on any atom is -0.497 e. The van der Waals surface area contributed by atoms with Gasteiger partial charge in [-0.1, -0.05) is 55.8 Å². The van der Waals surface area contributed by atoms with E-state index in [-0.39, 0.29) is 47.6 Å². The molecule has 1 aliphatic carbocycles. The van der Waals surface area contributed by atoms with E-state index >= 15 is 0 Å². The van der Waals surface area contributed by atoms with Crippen LogP contribution in [0.3, 0.4) is 0 Å². The van der Waals surface area contributed by atoms with Crippen LogP contribution in [-0.4, -0.2) is 43.6 Å². The number of hydrogen-bond acceptors (Lipinski definition) is 7. The van der Waals surface area contributed by atoms with Crippen LogP contribution < -0.4 is 19.3 Å². The molecule has 4 aromatic rings. The highest BCUT2D eigenvalue weighted by Crippen LogP contribution is 2.36. The van der Waals surface area contributed by atoms with Crippen molar-refractivity contribution in [3.63, 3.8) is 0 Å². The first-order valence-corrected chi connectivity index (χ1v) is 15.4. The van der Waals surface area contributed by atoms with Crippen LogP contribution in [0, 0.1) is 6.92 Å². The smallest absolute Gasteiger partial charge is 0.266 e. The minimum atomic E-state index is -0.380. The highest BCUT2D eigenvalue weighted by molar-refractivity contribution is 6.34. The molecule has 0 unspecified atom stereocenters. The fraction of sp³-hybridized carbons (Fsp3) is 0.179. The Morgan fingerprint density at radius 3 is 1.98 bits per heavy atom. The number of imide groups is 1. The average molecular weight is 625 g/mol. The molecule has 0 fully saturated rings. The third-order valence-electron chi connectivity index (χ3n) is 9.23. The van der Waals surface area contributed by atoms with Gasteiger partial charge in [-0.3, -0.25) is 19.2 Å². The lowest BCUT2D eigenvalue weighted by atomic mass is 9.78. The monoisotopic (exact) mass is 624 g/mol. The number of ether oxygens (including phenoxy) is 2. The summed E-state index contributed by atoms with van der Waals surface area (Å²) in [5, 5.41) is 0. The van der Waals surface area contributed by atoms with Crippen molar-refractivity contribution in [2.45, 2.75) is 26.2 Å². The summed E-state index contributed by atoms with van der Waals surface area (Å²) >= 11 is 0. The van der Waals surface area contributed by atoms with Gasteiger partial charge in [0.1, 0.15) is 11.5 Å². The second-order valence-corrected chi connectivity index (χ2v) is 12.5. The van der Waals surface area contributed by atoms with Crippen LogP contribution in [0.1, 0.15) is 51.3 Å². The summed E-state index contributed by atoms with van der Waals surface area (Å²) in [6, 6.07) is 27.7. The van der Waals surface area contributed by atoms with Gasteiger partial charge in [0.15, 0.2) is 11.5 Å². The number of benzene rings is 4. The molecule has 8 heteroatoms. The SMILES string of the molecule is COc1ccc(C(C)(C)c2ccc(OC3=CC(=O)C4=C(CN(c5cccc(N6C(=O)c7ccc(C)cc7C6=O)c5)C4)C3=O)cc2)cc1. The molecule has 7 rings (SSSR count). The first-order chi connectivity index (χ1) is 22.5. The number of allylic oxidation sites excluding steroid dienone is 2. The molecule has 47 heavy (non-hydrogen) atoms. The number of carbonyl (C=O) groups is 4. The number of nitrogens with zero attached hydrogens (tertiary/aromatic N) is 2. The molecule has 3 aliphatic rings. The summed E-state index contributed by atoms with van der Waals surface area (Å²) in [6.45, 7) is 6.56. The molecular formula is C39H32N2O6. The fourth-order valence-corrected chi connectivity index (χ4v) is 6.40. The van der Waals surface area contributed by atoms with Gasteiger partial charge in [-0.15, -0.1) is 0 Å². The van der Waals surface area contributed by atoms with Crippen molar-refractivity contribution < 1.29 is 28.7 Å². The number of hydrogen-bond donors (Lipinski definition) is 0. The molecule has 0 bridgehead atoms. The zero-order valence-electron chi connectivity index (χ0n) is 26.5. The molecule has 0 saturated carbocycles. The van der Waals surface area contributed by atoms with Crippen LogP contribution in [0.2, 0.25) is 0 Å². The zero-order chi connectivity index (χ0) is 33.0. The Morgan fingerprint density at radius 1 is 0.681 bits per heavy atom. The Labute approximate surface area is 272 Å². The van der Waals surface area contributed by atoms with Gasteiger partial charge in [0, 0.05) is 41.4 Å². The highest BCUT2D eigenvalue weighted by atomic mass is 16.5. The van der Waals surface area contributed by atoms with E-state index in [0.29, 0.717) is 39.4 Å². The molecular weight excluding hydrogens is 592 g/mol. The number of methoxy groups -OCH3 is 1. The Bertz CT molecular complexity index is 2050. The molecule has 0 aromatic heterocycles. The molecule has 0 N–H and O–H groups in total. The van der Waals surface area contributed by atoms with Gasteiger partial charge in [0.2, 0.25) is 5.78 Å². The quantitative estimate of drug-likeness (QED) is 0.175. The Morgan fingerprint density at radius 2 is 1.30 bits per heavy atom. The zero-order valence-corrected chi connectivity index (χ0v) is 26.5. The van der Waals surface area contributed by atoms with E-state index in [1.807, 2.05) is 60.4 Å². The van der Waals surface area contributed by atoms with Gasteiger partial charge >= 0.3 is 0 Å². The third-order valence-corrected chi connectivity index (χ3v) is 9.23. The number of fused-ring (bicyclic) bond motifs is 1. The molecule has 2 amide bonds. The van der Waals surface area contributed by atoms with E-state index in [2.05, 4.69) is 13.8 Å². The summed E-state index contributed by atoms with van der Waals surface area (Å²) in [6.07, 6.45) is 1.26. The largest absolute Gasteiger partial charge is 0.497 e. The standard InChI is InChI=1S/C39H32N2O6/c1-23-8-17-30-31(18-23)38(45)41(37(30)44)27-7-5-6-26(19-27)40-21-32-33(22-40)36(43)35(20-34(32)42)47-29-15-11-25(12-16-29)39(2,3)24-9-13-28(46-4)14-10-24/h5-20H,21-22H2,1-4H3. The predicted octanol–water partition coefficient (Wildman–Crippen LogP) is 6.36. The molecule has 8 nitrogen and oxygen atoms in total. The number of rotatable bonds is 7. The molecule has 0 atom stereocenters. The van der Waals surface area contributed by atoms with Gasteiger partial charge in [-0.2, -0.15) is 0 Å². The molecule has 0 radical (unpaired) electrons. The van der Waals surface area contributed by atoms with E-state index in [9.17, 15) is 19.2 Å². The lowest BCUT2D eigenvalue weighted by Gasteiger charge is -2.26. The summed E-state index contributed by atoms with van der Waals surface area (Å²) in [7, 11) is 1.64. The van der Waals surface area contributed by atoms with Gasteiger partial charge in [0.25, 0.3) is 11.8 Å². The first-order valence-electron chi connectivity index (χ1n) is 15.4. The average Bonchev–Trinajstić information content (AvgIpc) is 3.63. The minimum absolute atomic E-state index is 0.0205. The van der Waals surface area contributed by atoms with Crippen LogP contribution in [0.25, 0.3) is 0 Å². The number of carbonyl (C=O) groups excluding carboxylic acids is 4. The topological polar surface area (TPSA) is 93.2 Å². The third kappa shape index (κ3) is 5.12. The normalized spacial score (nSPS) is 16.0. The van der Waals surface area contributed by atoms with Crippen molar-refractivity contribution in [2.24, 2.45) is 0 Å². The van der Waals surface area contributed by atoms with Crippen molar-refractivity contribution in [2.75, 3.05) is 30.0 Å². The van der Waals surface area contributed by atoms with Crippen molar-refractivity contribution in [3.05, 3.63) is 142 Å². The second kappa shape index (κ2) is 11.2. The Kier molecular flexibility index (Phi) is 7.16. The van der Waals surface area contributed by atoms with Crippen molar-refractivity contribution in [1.29, 1.82) is 0 Å². The molecule has 234 valence electrons. The van der Waals surface area contributed by atoms with E-state index in [1.54, 1.807) is 49.6 Å². The second-order valence-electron chi connectivity index (χ2n) is 12.5. The number of amides is 2. The van der Waals surface area contributed by atoms with Crippen LogP contribution >= 0.6 is 0 Å². The molecule has 0 saturated heterocycles. The van der Waals surface area contributed by atoms with Gasteiger partial charge in [-0.25, -0.2) is 4.90 Å². The van der Waals surface area contributed by atoms with Crippen molar-refractivity contribution in [1.82, 2.24) is 0 Å². The number of anilines is 2. The molecule has 0 spiro atoms. The number of aryl methyl sites for hydroxylation is 1. The van der Waals surface area contributed by atoms with Crippen molar-refractivity contribution in [3.8, 4) is 11.5 Å². The lowest BCUT2D eigenvalue weighted by molar-refractivity contribution is -0.117. The van der Waals surface area contributed by atoms with Crippen LogP contribution in [-0.2, 0) is 15.0 Å². The van der Waals surface area contributed by atoms with Crippen molar-refractivity contribution >= 4 is 34.8 Å². The lowest BCUT2D eigenvalue weighted by Crippen LogP contribution is -2.30. The Balaban J connectivity index is 1.05. The summed E-state index contributed by atoms with van der Waals surface area (Å²) in [5.74, 6) is -0.143. The van der Waals surface area contributed by atoms with Gasteiger partial charge in [0.05, 0.1) is 23.9 Å². The maximum absolute atomic E-state index is 13.6. The van der Waals surface area contributed by atoms with E-state index in [4.69, 9.17) is 9.47 Å². The summed E-state index contributed by atoms with van der Waals surface area (Å²) < 4.78 is 11.3. The van der Waals surface area contributed by atoms with Crippen LogP contribution in [0.5, 0.6) is 11.5 Å². The van der Waals surface area contributed by atoms with E-state index in [0.717, 1.165) is 22.4 Å². The summed E-state index contributed by atoms with van der Waals surface area (Å²) in [4.78, 5) is 56.2. The van der Waals surface area contributed by atoms with Crippen LogP contribution in [0.15, 0.2) is 114 Å². The van der Waals surface area contributed by atoms with Gasteiger partial charge in [-0.05, 0) is 72.6 Å². The molecule has 2 heterocycles. The van der Waals surface area contributed by atoms with Crippen LogP contribution in [0.4, 0.5) is 11.4 Å². The number of ketones is 2. The molecule has 2 aliphatic heterocycles.